The van der Waals surface area contributed by atoms with Gasteiger partial charge in [-0.1, -0.05) is 0 Å². The topological polar surface area (TPSA) is 114 Å². The molecule has 2 fully saturated rings. The van der Waals surface area contributed by atoms with Gasteiger partial charge >= 0.3 is 0 Å². The van der Waals surface area contributed by atoms with Crippen LogP contribution in [0.3, 0.4) is 0 Å². The van der Waals surface area contributed by atoms with Crippen LogP contribution in [-0.4, -0.2) is 42.8 Å². The fourth-order valence-electron chi connectivity index (χ4n) is 5.12. The van der Waals surface area contributed by atoms with Crippen molar-refractivity contribution in [2.75, 3.05) is 13.1 Å². The largest absolute Gasteiger partial charge is 0.489 e. The predicted octanol–water partition coefficient (Wildman–Crippen LogP) is 0.296. The van der Waals surface area contributed by atoms with Gasteiger partial charge in [-0.2, -0.15) is 0 Å². The maximum Gasteiger partial charge on any atom is 0.259 e. The maximum absolute atomic E-state index is 12.6. The van der Waals surface area contributed by atoms with Crippen LogP contribution in [0, 0.1) is 11.3 Å². The molecule has 5 rings (SSSR count). The van der Waals surface area contributed by atoms with Gasteiger partial charge < -0.3 is 10.1 Å². The van der Waals surface area contributed by atoms with E-state index in [4.69, 9.17) is 4.74 Å². The Hall–Kier alpha value is -2.74. The van der Waals surface area contributed by atoms with Gasteiger partial charge in [0, 0.05) is 11.8 Å². The van der Waals surface area contributed by atoms with Crippen LogP contribution in [0.25, 0.3) is 0 Å². The summed E-state index contributed by atoms with van der Waals surface area (Å²) in [6.07, 6.45) is 2.77. The average Bonchev–Trinajstić information content (AvgIpc) is 2.94. The van der Waals surface area contributed by atoms with Crippen LogP contribution in [0.4, 0.5) is 0 Å². The van der Waals surface area contributed by atoms with Crippen LogP contribution in [-0.2, 0) is 16.0 Å². The van der Waals surface area contributed by atoms with E-state index in [1.54, 1.807) is 12.1 Å². The highest BCUT2D eigenvalue weighted by Gasteiger charge is 2.51. The molecule has 0 aromatic heterocycles. The van der Waals surface area contributed by atoms with E-state index in [1.807, 2.05) is 0 Å². The van der Waals surface area contributed by atoms with Crippen molar-refractivity contribution >= 4 is 23.6 Å². The highest BCUT2D eigenvalue weighted by molar-refractivity contribution is 6.21. The summed E-state index contributed by atoms with van der Waals surface area (Å²) in [5.74, 6) is -1.18. The van der Waals surface area contributed by atoms with E-state index in [2.05, 4.69) is 16.0 Å². The Morgan fingerprint density at radius 2 is 1.68 bits per heavy atom. The molecule has 4 aliphatic rings. The molecule has 8 heteroatoms. The van der Waals surface area contributed by atoms with Crippen molar-refractivity contribution in [1.29, 1.82) is 0 Å². The van der Waals surface area contributed by atoms with Crippen molar-refractivity contribution in [3.05, 3.63) is 28.8 Å². The molecule has 2 unspecified atom stereocenters. The number of nitrogens with one attached hydrogen (secondary N) is 3. The van der Waals surface area contributed by atoms with Crippen molar-refractivity contribution in [2.24, 2.45) is 11.3 Å². The molecule has 3 N–H and O–H groups in total. The lowest BCUT2D eigenvalue weighted by molar-refractivity contribution is -0.143. The standard InChI is InChI=1S/C20H21N3O5/c24-15-2-1-11(17(25)22-15)16-20(3-5-21-6-4-20)9-10-7-12-13(8-14(10)28-16)19(27)23-18(12)26/h7-8,11,16,21H,1-6,9H2,(H,22,24,25)(H,23,26,27). The van der Waals surface area contributed by atoms with Crippen LogP contribution in [0.1, 0.15) is 52.0 Å². The fraction of sp³-hybridized carbons (Fsp3) is 0.500. The van der Waals surface area contributed by atoms with Crippen LogP contribution >= 0.6 is 0 Å². The van der Waals surface area contributed by atoms with Crippen LogP contribution in [0.15, 0.2) is 12.1 Å². The molecule has 8 nitrogen and oxygen atoms in total. The van der Waals surface area contributed by atoms with E-state index >= 15 is 0 Å². The number of hydrogen-bond donors (Lipinski definition) is 3. The number of piperidine rings is 2. The summed E-state index contributed by atoms with van der Waals surface area (Å²) >= 11 is 0. The molecule has 0 radical (unpaired) electrons. The van der Waals surface area contributed by atoms with Crippen molar-refractivity contribution in [3.63, 3.8) is 0 Å². The van der Waals surface area contributed by atoms with Crippen LogP contribution in [0.5, 0.6) is 5.75 Å². The zero-order valence-electron chi connectivity index (χ0n) is 15.3. The van der Waals surface area contributed by atoms with Gasteiger partial charge in [-0.3, -0.25) is 29.8 Å². The van der Waals surface area contributed by atoms with E-state index in [9.17, 15) is 19.2 Å². The Labute approximate surface area is 161 Å². The zero-order valence-corrected chi connectivity index (χ0v) is 15.3. The number of rotatable bonds is 1. The normalized spacial score (nSPS) is 28.3. The highest BCUT2D eigenvalue weighted by atomic mass is 16.5. The van der Waals surface area contributed by atoms with Gasteiger partial charge in [-0.15, -0.1) is 0 Å². The van der Waals surface area contributed by atoms with Gasteiger partial charge in [0.15, 0.2) is 0 Å². The first-order valence-electron chi connectivity index (χ1n) is 9.70. The molecule has 1 aromatic carbocycles. The molecule has 146 valence electrons. The number of fused-ring (bicyclic) bond motifs is 2. The number of hydrogen-bond acceptors (Lipinski definition) is 6. The number of amides is 4. The molecule has 2 atom stereocenters. The Morgan fingerprint density at radius 1 is 0.964 bits per heavy atom. The second-order valence-electron chi connectivity index (χ2n) is 8.17. The lowest BCUT2D eigenvalue weighted by Crippen LogP contribution is -2.58. The number of imide groups is 2. The predicted molar refractivity (Wildman–Crippen MR) is 96.8 cm³/mol. The van der Waals surface area contributed by atoms with Gasteiger partial charge in [0.05, 0.1) is 17.0 Å². The molecular formula is C20H21N3O5. The van der Waals surface area contributed by atoms with Gasteiger partial charge in [0.1, 0.15) is 11.9 Å². The molecule has 2 saturated heterocycles. The van der Waals surface area contributed by atoms with Gasteiger partial charge in [0.2, 0.25) is 11.8 Å². The number of carbonyl (C=O) groups is 4. The van der Waals surface area contributed by atoms with Crippen molar-refractivity contribution < 1.29 is 23.9 Å². The van der Waals surface area contributed by atoms with Gasteiger partial charge in [-0.25, -0.2) is 0 Å². The third kappa shape index (κ3) is 2.55. The minimum atomic E-state index is -0.425. The highest BCUT2D eigenvalue weighted by Crippen LogP contribution is 2.49. The molecule has 4 amide bonds. The smallest absolute Gasteiger partial charge is 0.259 e. The summed E-state index contributed by atoms with van der Waals surface area (Å²) in [7, 11) is 0. The van der Waals surface area contributed by atoms with Crippen molar-refractivity contribution in [2.45, 2.75) is 38.2 Å². The molecule has 1 spiro atoms. The van der Waals surface area contributed by atoms with Gasteiger partial charge in [-0.05, 0) is 56.5 Å². The van der Waals surface area contributed by atoms with Crippen molar-refractivity contribution in [3.8, 4) is 5.75 Å². The van der Waals surface area contributed by atoms with E-state index in [-0.39, 0.29) is 29.2 Å². The summed E-state index contributed by atoms with van der Waals surface area (Å²) in [5.41, 5.74) is 1.35. The maximum atomic E-state index is 12.6. The first-order chi connectivity index (χ1) is 13.5. The Bertz CT molecular complexity index is 919. The first-order valence-corrected chi connectivity index (χ1v) is 9.70. The molecule has 4 heterocycles. The van der Waals surface area contributed by atoms with Gasteiger partial charge in [0.25, 0.3) is 11.8 Å². The Kier molecular flexibility index (Phi) is 3.80. The average molecular weight is 383 g/mol. The van der Waals surface area contributed by atoms with Crippen LogP contribution in [0.2, 0.25) is 0 Å². The number of carbonyl (C=O) groups excluding carboxylic acids is 4. The quantitative estimate of drug-likeness (QED) is 0.601. The third-order valence-electron chi connectivity index (χ3n) is 6.56. The SMILES string of the molecule is O=C1CCC(C2Oc3cc4c(cc3CC23CCNCC3)C(=O)NC4=O)C(=O)N1. The van der Waals surface area contributed by atoms with Crippen LogP contribution < -0.4 is 20.7 Å². The summed E-state index contributed by atoms with van der Waals surface area (Å²) < 4.78 is 6.39. The summed E-state index contributed by atoms with van der Waals surface area (Å²) in [4.78, 5) is 48.3. The molecular weight excluding hydrogens is 362 g/mol. The molecule has 4 aliphatic heterocycles. The number of ether oxygens (including phenoxy) is 1. The van der Waals surface area contributed by atoms with E-state index in [1.165, 1.54) is 0 Å². The minimum Gasteiger partial charge on any atom is -0.489 e. The minimum absolute atomic E-state index is 0.242. The molecule has 0 aliphatic carbocycles. The third-order valence-corrected chi connectivity index (χ3v) is 6.56. The number of benzene rings is 1. The first kappa shape index (κ1) is 17.4. The second-order valence-corrected chi connectivity index (χ2v) is 8.17. The Morgan fingerprint density at radius 3 is 2.39 bits per heavy atom. The zero-order chi connectivity index (χ0) is 19.5. The molecule has 28 heavy (non-hydrogen) atoms. The lowest BCUT2D eigenvalue weighted by Gasteiger charge is -2.50. The molecule has 0 saturated carbocycles. The van der Waals surface area contributed by atoms with E-state index < -0.39 is 11.8 Å². The molecule has 1 aromatic rings. The van der Waals surface area contributed by atoms with E-state index in [0.717, 1.165) is 31.5 Å². The van der Waals surface area contributed by atoms with E-state index in [0.29, 0.717) is 36.1 Å². The monoisotopic (exact) mass is 383 g/mol. The lowest BCUT2D eigenvalue weighted by atomic mass is 9.64. The molecule has 0 bridgehead atoms. The summed E-state index contributed by atoms with van der Waals surface area (Å²) in [6, 6.07) is 3.38. The van der Waals surface area contributed by atoms with Crippen molar-refractivity contribution in [1.82, 2.24) is 16.0 Å². The second kappa shape index (κ2) is 6.13. The summed E-state index contributed by atoms with van der Waals surface area (Å²) in [6.45, 7) is 1.65. The fourth-order valence-corrected chi connectivity index (χ4v) is 5.12. The summed E-state index contributed by atoms with van der Waals surface area (Å²) in [5, 5.41) is 8.12. The Balaban J connectivity index is 1.57.